The number of aliphatic hydroxyl groups excluding tert-OH is 1. The molecule has 1 aromatic heterocycles. The Morgan fingerprint density at radius 3 is 2.81 bits per heavy atom. The molecular formula is C15H11N3O2S. The lowest BCUT2D eigenvalue weighted by molar-refractivity contribution is 0.102. The van der Waals surface area contributed by atoms with Gasteiger partial charge in [-0.3, -0.25) is 10.1 Å². The van der Waals surface area contributed by atoms with Gasteiger partial charge in [-0.15, -0.1) is 0 Å². The third-order valence-electron chi connectivity index (χ3n) is 2.45. The Hall–Kier alpha value is -2.67. The standard InChI is InChI=1S/C15H11N3O2S/c16-9-11-4-6-12(7-5-11)14(20)18-15-17-10-13(21-15)3-1-2-8-19/h4-7,10,19H,2,8H2,(H,17,18,20). The van der Waals surface area contributed by atoms with E-state index in [-0.39, 0.29) is 12.5 Å². The van der Waals surface area contributed by atoms with Crippen molar-refractivity contribution < 1.29 is 9.90 Å². The number of nitrogens with one attached hydrogen (secondary N) is 1. The summed E-state index contributed by atoms with van der Waals surface area (Å²) in [6.45, 7) is 0.0219. The van der Waals surface area contributed by atoms with Crippen LogP contribution in [0.25, 0.3) is 0 Å². The molecule has 0 aliphatic rings. The lowest BCUT2D eigenvalue weighted by Gasteiger charge is -2.00. The molecule has 2 aromatic rings. The van der Waals surface area contributed by atoms with Crippen LogP contribution in [0.5, 0.6) is 0 Å². The summed E-state index contributed by atoms with van der Waals surface area (Å²) in [4.78, 5) is 16.8. The van der Waals surface area contributed by atoms with E-state index in [1.165, 1.54) is 11.3 Å². The lowest BCUT2D eigenvalue weighted by atomic mass is 10.1. The minimum absolute atomic E-state index is 0.0219. The van der Waals surface area contributed by atoms with Gasteiger partial charge in [0, 0.05) is 12.0 Å². The van der Waals surface area contributed by atoms with Gasteiger partial charge in [0.05, 0.1) is 29.3 Å². The van der Waals surface area contributed by atoms with Crippen LogP contribution < -0.4 is 5.32 Å². The average molecular weight is 297 g/mol. The quantitative estimate of drug-likeness (QED) is 0.848. The summed E-state index contributed by atoms with van der Waals surface area (Å²) in [6.07, 6.45) is 1.98. The molecule has 0 radical (unpaired) electrons. The van der Waals surface area contributed by atoms with Gasteiger partial charge in [-0.1, -0.05) is 23.2 Å². The minimum Gasteiger partial charge on any atom is -0.395 e. The van der Waals surface area contributed by atoms with Gasteiger partial charge in [-0.05, 0) is 24.3 Å². The van der Waals surface area contributed by atoms with Crippen LogP contribution in [0.2, 0.25) is 0 Å². The van der Waals surface area contributed by atoms with E-state index in [0.29, 0.717) is 22.7 Å². The number of aliphatic hydroxyl groups is 1. The fourth-order valence-electron chi connectivity index (χ4n) is 1.46. The van der Waals surface area contributed by atoms with E-state index in [4.69, 9.17) is 10.4 Å². The largest absolute Gasteiger partial charge is 0.395 e. The zero-order valence-corrected chi connectivity index (χ0v) is 11.8. The second kappa shape index (κ2) is 7.20. The van der Waals surface area contributed by atoms with Gasteiger partial charge in [-0.25, -0.2) is 4.98 Å². The van der Waals surface area contributed by atoms with Gasteiger partial charge in [-0.2, -0.15) is 5.26 Å². The third-order valence-corrected chi connectivity index (χ3v) is 3.28. The van der Waals surface area contributed by atoms with Gasteiger partial charge >= 0.3 is 0 Å². The third kappa shape index (κ3) is 4.15. The van der Waals surface area contributed by atoms with E-state index < -0.39 is 0 Å². The Labute approximate surface area is 125 Å². The zero-order valence-electron chi connectivity index (χ0n) is 11.0. The first-order chi connectivity index (χ1) is 10.2. The predicted molar refractivity (Wildman–Crippen MR) is 79.8 cm³/mol. The van der Waals surface area contributed by atoms with Crippen molar-refractivity contribution in [2.24, 2.45) is 0 Å². The summed E-state index contributed by atoms with van der Waals surface area (Å²) >= 11 is 1.26. The highest BCUT2D eigenvalue weighted by atomic mass is 32.1. The number of nitriles is 1. The van der Waals surface area contributed by atoms with E-state index in [0.717, 1.165) is 4.88 Å². The summed E-state index contributed by atoms with van der Waals surface area (Å²) in [5.41, 5.74) is 0.958. The summed E-state index contributed by atoms with van der Waals surface area (Å²) < 4.78 is 0. The summed E-state index contributed by atoms with van der Waals surface area (Å²) in [5.74, 6) is 5.35. The van der Waals surface area contributed by atoms with E-state index in [9.17, 15) is 4.79 Å². The number of hydrogen-bond donors (Lipinski definition) is 2. The van der Waals surface area contributed by atoms with Crippen molar-refractivity contribution in [2.45, 2.75) is 6.42 Å². The Balaban J connectivity index is 2.03. The van der Waals surface area contributed by atoms with Gasteiger partial charge in [0.15, 0.2) is 5.13 Å². The minimum atomic E-state index is -0.288. The molecule has 104 valence electrons. The van der Waals surface area contributed by atoms with Crippen molar-refractivity contribution in [3.63, 3.8) is 0 Å². The molecule has 6 heteroatoms. The molecule has 1 amide bonds. The summed E-state index contributed by atoms with van der Waals surface area (Å²) in [7, 11) is 0. The molecule has 0 spiro atoms. The fourth-order valence-corrected chi connectivity index (χ4v) is 2.15. The van der Waals surface area contributed by atoms with Crippen LogP contribution in [0.1, 0.15) is 27.2 Å². The molecule has 0 aliphatic carbocycles. The fraction of sp³-hybridized carbons (Fsp3) is 0.133. The van der Waals surface area contributed by atoms with Crippen LogP contribution in [0.15, 0.2) is 30.5 Å². The molecule has 1 heterocycles. The Morgan fingerprint density at radius 1 is 1.38 bits per heavy atom. The van der Waals surface area contributed by atoms with E-state index >= 15 is 0 Å². The maximum atomic E-state index is 12.0. The number of rotatable bonds is 3. The van der Waals surface area contributed by atoms with Crippen LogP contribution in [0, 0.1) is 23.2 Å². The van der Waals surface area contributed by atoms with Crippen molar-refractivity contribution in [3.8, 4) is 17.9 Å². The first kappa shape index (κ1) is 14.7. The van der Waals surface area contributed by atoms with Crippen molar-refractivity contribution in [3.05, 3.63) is 46.5 Å². The SMILES string of the molecule is N#Cc1ccc(C(=O)Nc2ncc(C#CCCO)s2)cc1. The highest BCUT2D eigenvalue weighted by molar-refractivity contribution is 7.16. The number of carbonyl (C=O) groups excluding carboxylic acids is 1. The maximum absolute atomic E-state index is 12.0. The number of carbonyl (C=O) groups is 1. The topological polar surface area (TPSA) is 86.0 Å². The smallest absolute Gasteiger partial charge is 0.257 e. The van der Waals surface area contributed by atoms with Crippen LogP contribution in [-0.2, 0) is 0 Å². The van der Waals surface area contributed by atoms with Crippen LogP contribution in [0.4, 0.5) is 5.13 Å². The Morgan fingerprint density at radius 2 is 2.14 bits per heavy atom. The molecule has 5 nitrogen and oxygen atoms in total. The average Bonchev–Trinajstić information content (AvgIpc) is 2.95. The first-order valence-corrected chi connectivity index (χ1v) is 6.91. The molecule has 21 heavy (non-hydrogen) atoms. The number of nitrogens with zero attached hydrogens (tertiary/aromatic N) is 2. The van der Waals surface area contributed by atoms with Crippen LogP contribution in [-0.4, -0.2) is 22.6 Å². The number of amides is 1. The van der Waals surface area contributed by atoms with Gasteiger partial charge < -0.3 is 5.11 Å². The number of thiazole rings is 1. The van der Waals surface area contributed by atoms with Gasteiger partial charge in [0.2, 0.25) is 0 Å². The van der Waals surface area contributed by atoms with Crippen molar-refractivity contribution in [2.75, 3.05) is 11.9 Å². The highest BCUT2D eigenvalue weighted by Crippen LogP contribution is 2.18. The van der Waals surface area contributed by atoms with Crippen molar-refractivity contribution >= 4 is 22.4 Å². The molecule has 0 fully saturated rings. The summed E-state index contributed by atoms with van der Waals surface area (Å²) in [5, 5.41) is 20.5. The molecule has 0 atom stereocenters. The highest BCUT2D eigenvalue weighted by Gasteiger charge is 2.08. The second-order valence-electron chi connectivity index (χ2n) is 3.95. The monoisotopic (exact) mass is 297 g/mol. The second-order valence-corrected chi connectivity index (χ2v) is 4.98. The lowest BCUT2D eigenvalue weighted by Crippen LogP contribution is -2.11. The molecule has 1 aromatic carbocycles. The van der Waals surface area contributed by atoms with Crippen LogP contribution in [0.3, 0.4) is 0 Å². The van der Waals surface area contributed by atoms with E-state index in [1.54, 1.807) is 30.5 Å². The summed E-state index contributed by atoms with van der Waals surface area (Å²) in [6, 6.07) is 8.34. The molecule has 0 unspecified atom stereocenters. The predicted octanol–water partition coefficient (Wildman–Crippen LogP) is 2.00. The molecule has 2 rings (SSSR count). The van der Waals surface area contributed by atoms with Crippen LogP contribution >= 0.6 is 11.3 Å². The van der Waals surface area contributed by atoms with Crippen molar-refractivity contribution in [1.82, 2.24) is 4.98 Å². The number of anilines is 1. The zero-order chi connectivity index (χ0) is 15.1. The van der Waals surface area contributed by atoms with Gasteiger partial charge in [0.1, 0.15) is 0 Å². The molecule has 2 N–H and O–H groups in total. The number of hydrogen-bond acceptors (Lipinski definition) is 5. The molecular weight excluding hydrogens is 286 g/mol. The Kier molecular flexibility index (Phi) is 5.05. The van der Waals surface area contributed by atoms with E-state index in [1.807, 2.05) is 6.07 Å². The first-order valence-electron chi connectivity index (χ1n) is 6.10. The molecule has 0 saturated heterocycles. The normalized spacial score (nSPS) is 9.33. The van der Waals surface area contributed by atoms with Gasteiger partial charge in [0.25, 0.3) is 5.91 Å². The molecule has 0 bridgehead atoms. The number of benzene rings is 1. The maximum Gasteiger partial charge on any atom is 0.257 e. The van der Waals surface area contributed by atoms with Crippen molar-refractivity contribution in [1.29, 1.82) is 5.26 Å². The Bertz CT molecular complexity index is 733. The number of aromatic nitrogens is 1. The molecule has 0 aliphatic heterocycles. The van der Waals surface area contributed by atoms with E-state index in [2.05, 4.69) is 22.1 Å². The molecule has 0 saturated carbocycles.